The number of hydrazone groups is 1. The molecule has 0 radical (unpaired) electrons. The van der Waals surface area contributed by atoms with Gasteiger partial charge in [-0.1, -0.05) is 6.08 Å². The van der Waals surface area contributed by atoms with Gasteiger partial charge in [-0.15, -0.1) is 11.8 Å². The van der Waals surface area contributed by atoms with Crippen LogP contribution in [0.3, 0.4) is 0 Å². The minimum absolute atomic E-state index is 0.509. The van der Waals surface area contributed by atoms with Gasteiger partial charge in [0.15, 0.2) is 0 Å². The summed E-state index contributed by atoms with van der Waals surface area (Å²) >= 11 is 1.80. The Bertz CT molecular complexity index is 137. The Morgan fingerprint density at radius 3 is 3.50 bits per heavy atom. The number of nitrogens with one attached hydrogen (secondary N) is 1. The Balaban J connectivity index is 2.22. The maximum Gasteiger partial charge on any atom is 0.104 e. The first-order valence-electron chi connectivity index (χ1n) is 2.58. The van der Waals surface area contributed by atoms with Crippen LogP contribution in [0.4, 0.5) is 0 Å². The molecule has 2 heterocycles. The summed E-state index contributed by atoms with van der Waals surface area (Å²) in [6.07, 6.45) is 4.11. The van der Waals surface area contributed by atoms with Crippen molar-refractivity contribution < 1.29 is 0 Å². The first kappa shape index (κ1) is 4.44. The Morgan fingerprint density at radius 2 is 2.62 bits per heavy atom. The average Bonchev–Trinajstić information content (AvgIpc) is 2.15. The summed E-state index contributed by atoms with van der Waals surface area (Å²) < 4.78 is 0. The van der Waals surface area contributed by atoms with E-state index in [9.17, 15) is 0 Å². The van der Waals surface area contributed by atoms with Crippen LogP contribution >= 0.6 is 11.8 Å². The van der Waals surface area contributed by atoms with Gasteiger partial charge in [0.25, 0.3) is 0 Å². The predicted octanol–water partition coefficient (Wildman–Crippen LogP) is 0.778. The summed E-state index contributed by atoms with van der Waals surface area (Å²) in [5.41, 5.74) is 2.99. The van der Waals surface area contributed by atoms with Gasteiger partial charge in [-0.2, -0.15) is 5.10 Å². The van der Waals surface area contributed by atoms with Gasteiger partial charge in [-0.3, -0.25) is 5.43 Å². The van der Waals surface area contributed by atoms with Crippen LogP contribution in [0.5, 0.6) is 0 Å². The fraction of sp³-hybridized carbons (Fsp3) is 0.400. The Morgan fingerprint density at radius 1 is 1.62 bits per heavy atom. The molecule has 0 aromatic carbocycles. The highest BCUT2D eigenvalue weighted by atomic mass is 32.2. The van der Waals surface area contributed by atoms with Gasteiger partial charge in [-0.05, 0) is 5.41 Å². The number of rotatable bonds is 0. The normalized spacial score (nSPS) is 40.0. The van der Waals surface area contributed by atoms with Crippen LogP contribution in [0.25, 0.3) is 0 Å². The topological polar surface area (TPSA) is 24.4 Å². The van der Waals surface area contributed by atoms with E-state index in [-0.39, 0.29) is 0 Å². The minimum atomic E-state index is 0.509. The first-order valence-corrected chi connectivity index (χ1v) is 3.52. The molecule has 0 aromatic rings. The monoisotopic (exact) mass is 126 g/mol. The molecule has 0 amide bonds. The number of fused-ring (bicyclic) bond motifs is 1. The van der Waals surface area contributed by atoms with E-state index in [0.717, 1.165) is 0 Å². The van der Waals surface area contributed by atoms with E-state index in [1.54, 1.807) is 11.8 Å². The fourth-order valence-corrected chi connectivity index (χ4v) is 1.76. The van der Waals surface area contributed by atoms with Crippen molar-refractivity contribution in [2.45, 2.75) is 5.37 Å². The van der Waals surface area contributed by atoms with Crippen LogP contribution in [0.2, 0.25) is 0 Å². The van der Waals surface area contributed by atoms with E-state index in [4.69, 9.17) is 0 Å². The van der Waals surface area contributed by atoms with E-state index in [1.807, 2.05) is 6.21 Å². The van der Waals surface area contributed by atoms with E-state index in [0.29, 0.717) is 11.3 Å². The molecule has 42 valence electrons. The smallest absolute Gasteiger partial charge is 0.104 e. The zero-order valence-corrected chi connectivity index (χ0v) is 5.06. The largest absolute Gasteiger partial charge is 0.296 e. The van der Waals surface area contributed by atoms with E-state index in [1.165, 1.54) is 0 Å². The number of thioether (sulfide) groups is 1. The van der Waals surface area contributed by atoms with E-state index < -0.39 is 0 Å². The Kier molecular flexibility index (Phi) is 0.842. The minimum Gasteiger partial charge on any atom is -0.296 e. The molecule has 2 rings (SSSR count). The maximum absolute atomic E-state index is 3.92. The van der Waals surface area contributed by atoms with Crippen molar-refractivity contribution in [3.8, 4) is 0 Å². The zero-order valence-electron chi connectivity index (χ0n) is 4.24. The second-order valence-electron chi connectivity index (χ2n) is 1.87. The Labute approximate surface area is 52.0 Å². The summed E-state index contributed by atoms with van der Waals surface area (Å²) in [4.78, 5) is 0. The summed E-state index contributed by atoms with van der Waals surface area (Å²) in [6, 6.07) is 0. The van der Waals surface area contributed by atoms with Crippen molar-refractivity contribution in [3.05, 3.63) is 11.5 Å². The third-order valence-electron chi connectivity index (χ3n) is 1.32. The SMILES string of the molecule is C1=CC2C=NNC2S1. The molecule has 0 aliphatic carbocycles. The Hall–Kier alpha value is -0.440. The zero-order chi connectivity index (χ0) is 5.40. The van der Waals surface area contributed by atoms with Crippen LogP contribution < -0.4 is 5.43 Å². The quantitative estimate of drug-likeness (QED) is 0.518. The van der Waals surface area contributed by atoms with Gasteiger partial charge in [0.2, 0.25) is 0 Å². The predicted molar refractivity (Wildman–Crippen MR) is 35.6 cm³/mol. The van der Waals surface area contributed by atoms with Gasteiger partial charge in [0.1, 0.15) is 5.37 Å². The second kappa shape index (κ2) is 1.52. The molecule has 8 heavy (non-hydrogen) atoms. The highest BCUT2D eigenvalue weighted by molar-refractivity contribution is 8.03. The van der Waals surface area contributed by atoms with E-state index in [2.05, 4.69) is 22.0 Å². The molecular weight excluding hydrogens is 120 g/mol. The third-order valence-corrected chi connectivity index (χ3v) is 2.35. The van der Waals surface area contributed by atoms with Gasteiger partial charge in [0.05, 0.1) is 0 Å². The molecule has 2 aliphatic rings. The first-order chi connectivity index (χ1) is 3.97. The molecule has 3 heteroatoms. The van der Waals surface area contributed by atoms with Crippen LogP contribution in [-0.2, 0) is 0 Å². The highest BCUT2D eigenvalue weighted by Gasteiger charge is 2.24. The molecule has 2 aliphatic heterocycles. The van der Waals surface area contributed by atoms with Crippen molar-refractivity contribution in [1.29, 1.82) is 0 Å². The molecular formula is C5H6N2S. The summed E-state index contributed by atoms with van der Waals surface area (Å²) in [5, 5.41) is 6.55. The number of hydrogen-bond donors (Lipinski definition) is 1. The number of nitrogens with zero attached hydrogens (tertiary/aromatic N) is 1. The van der Waals surface area contributed by atoms with Crippen molar-refractivity contribution in [1.82, 2.24) is 5.43 Å². The fourth-order valence-electron chi connectivity index (χ4n) is 0.859. The molecule has 0 fully saturated rings. The second-order valence-corrected chi connectivity index (χ2v) is 2.92. The van der Waals surface area contributed by atoms with Crippen molar-refractivity contribution in [3.63, 3.8) is 0 Å². The molecule has 0 aromatic heterocycles. The molecule has 2 atom stereocenters. The van der Waals surface area contributed by atoms with Crippen molar-refractivity contribution in [2.24, 2.45) is 11.0 Å². The lowest BCUT2D eigenvalue weighted by Gasteiger charge is -2.03. The van der Waals surface area contributed by atoms with Crippen LogP contribution in [-0.4, -0.2) is 11.6 Å². The lowest BCUT2D eigenvalue weighted by Crippen LogP contribution is -2.18. The van der Waals surface area contributed by atoms with Crippen LogP contribution in [0.1, 0.15) is 0 Å². The molecule has 2 unspecified atom stereocenters. The molecule has 0 saturated heterocycles. The number of hydrogen-bond acceptors (Lipinski definition) is 3. The van der Waals surface area contributed by atoms with Gasteiger partial charge in [0, 0.05) is 12.1 Å². The van der Waals surface area contributed by atoms with Gasteiger partial charge >= 0.3 is 0 Å². The van der Waals surface area contributed by atoms with Gasteiger partial charge in [-0.25, -0.2) is 0 Å². The van der Waals surface area contributed by atoms with Crippen LogP contribution in [0, 0.1) is 5.92 Å². The standard InChI is InChI=1S/C5H6N2S/c1-2-8-5-4(1)3-6-7-5/h1-5,7H. The average molecular weight is 126 g/mol. The molecule has 0 saturated carbocycles. The summed E-state index contributed by atoms with van der Waals surface area (Å²) in [7, 11) is 0. The van der Waals surface area contributed by atoms with Crippen LogP contribution in [0.15, 0.2) is 16.6 Å². The van der Waals surface area contributed by atoms with Gasteiger partial charge < -0.3 is 0 Å². The maximum atomic E-state index is 3.92. The summed E-state index contributed by atoms with van der Waals surface area (Å²) in [6.45, 7) is 0. The van der Waals surface area contributed by atoms with Crippen molar-refractivity contribution >= 4 is 18.0 Å². The third kappa shape index (κ3) is 0.478. The lowest BCUT2D eigenvalue weighted by atomic mass is 10.2. The lowest BCUT2D eigenvalue weighted by molar-refractivity contribution is 0.706. The molecule has 0 spiro atoms. The van der Waals surface area contributed by atoms with Crippen molar-refractivity contribution in [2.75, 3.05) is 0 Å². The highest BCUT2D eigenvalue weighted by Crippen LogP contribution is 2.28. The molecule has 2 nitrogen and oxygen atoms in total. The summed E-state index contributed by atoms with van der Waals surface area (Å²) in [5.74, 6) is 0.556. The van der Waals surface area contributed by atoms with E-state index >= 15 is 0 Å². The molecule has 1 N–H and O–H groups in total. The molecule has 0 bridgehead atoms.